The fourth-order valence-electron chi connectivity index (χ4n) is 2.12. The Balaban J connectivity index is 2.12. The lowest BCUT2D eigenvalue weighted by molar-refractivity contribution is -0.141. The molecule has 1 aliphatic heterocycles. The van der Waals surface area contributed by atoms with Crippen molar-refractivity contribution in [2.75, 3.05) is 18.5 Å². The molecule has 2 rings (SSSR count). The van der Waals surface area contributed by atoms with Crippen molar-refractivity contribution >= 4 is 11.7 Å². The van der Waals surface area contributed by atoms with Crippen molar-refractivity contribution in [2.45, 2.75) is 31.2 Å². The summed E-state index contributed by atoms with van der Waals surface area (Å²) in [5, 5.41) is 4.73. The molecule has 0 aromatic carbocycles. The summed E-state index contributed by atoms with van der Waals surface area (Å²) in [6.45, 7) is -0.0763. The number of anilines is 1. The molecule has 0 radical (unpaired) electrons. The molecule has 0 bridgehead atoms. The average Bonchev–Trinajstić information content (AvgIpc) is 2.83. The number of rotatable bonds is 3. The van der Waals surface area contributed by atoms with Crippen molar-refractivity contribution in [2.24, 2.45) is 0 Å². The van der Waals surface area contributed by atoms with Crippen LogP contribution in [0.5, 0.6) is 0 Å². The molecular weight excluding hydrogens is 309 g/mol. The number of carbonyl (C=O) groups is 1. The molecular formula is C13H14F5N3O. The van der Waals surface area contributed by atoms with Gasteiger partial charge in [0.25, 0.3) is 0 Å². The molecule has 1 aromatic rings. The predicted octanol–water partition coefficient (Wildman–Crippen LogP) is 2.39. The smallest absolute Gasteiger partial charge is 0.309 e. The van der Waals surface area contributed by atoms with Gasteiger partial charge in [0.2, 0.25) is 5.91 Å². The number of halogens is 5. The molecule has 4 nitrogen and oxygen atoms in total. The van der Waals surface area contributed by atoms with Crippen molar-refractivity contribution in [1.29, 1.82) is 0 Å². The first-order valence-corrected chi connectivity index (χ1v) is 6.49. The van der Waals surface area contributed by atoms with E-state index in [1.54, 1.807) is 0 Å². The van der Waals surface area contributed by atoms with Crippen LogP contribution in [-0.2, 0) is 11.0 Å². The summed E-state index contributed by atoms with van der Waals surface area (Å²) in [6, 6.07) is 0.958. The number of aromatic nitrogens is 1. The van der Waals surface area contributed by atoms with E-state index in [4.69, 9.17) is 0 Å². The molecule has 0 aliphatic carbocycles. The van der Waals surface area contributed by atoms with Gasteiger partial charge in [-0.2, -0.15) is 13.2 Å². The van der Waals surface area contributed by atoms with Crippen molar-refractivity contribution in [3.05, 3.63) is 23.4 Å². The van der Waals surface area contributed by atoms with Crippen LogP contribution in [0.15, 0.2) is 12.1 Å². The van der Waals surface area contributed by atoms with Gasteiger partial charge in [-0.15, -0.1) is 0 Å². The van der Waals surface area contributed by atoms with Crippen LogP contribution < -0.4 is 10.6 Å². The van der Waals surface area contributed by atoms with Crippen LogP contribution in [0.1, 0.15) is 17.7 Å². The van der Waals surface area contributed by atoms with Gasteiger partial charge in [0, 0.05) is 13.0 Å². The lowest BCUT2D eigenvalue weighted by Crippen LogP contribution is -2.36. The number of hydrogen-bond donors (Lipinski definition) is 2. The fourth-order valence-corrected chi connectivity index (χ4v) is 2.12. The maximum atomic E-state index is 13.7. The van der Waals surface area contributed by atoms with E-state index in [2.05, 4.69) is 15.6 Å². The van der Waals surface area contributed by atoms with Crippen LogP contribution in [0.4, 0.5) is 27.8 Å². The van der Waals surface area contributed by atoms with Crippen LogP contribution >= 0.6 is 0 Å². The Morgan fingerprint density at radius 1 is 1.50 bits per heavy atom. The minimum Gasteiger partial charge on any atom is -0.309 e. The molecule has 0 spiro atoms. The van der Waals surface area contributed by atoms with Crippen LogP contribution in [0, 0.1) is 6.92 Å². The first-order chi connectivity index (χ1) is 10.1. The second-order valence-corrected chi connectivity index (χ2v) is 5.27. The summed E-state index contributed by atoms with van der Waals surface area (Å²) in [7, 11) is 0. The average molecular weight is 323 g/mol. The predicted molar refractivity (Wildman–Crippen MR) is 68.8 cm³/mol. The standard InChI is InChI=1S/C13H14F5N3O/c1-7-2-3-9(13(16,17)18)20-10(7)21-11(22)8-4-12(15,5-14)6-19-8/h2-3,8,19H,4-6H2,1H3,(H,20,21,22)/t8-,12-/m0/s1. The van der Waals surface area contributed by atoms with Gasteiger partial charge in [0.1, 0.15) is 18.2 Å². The van der Waals surface area contributed by atoms with E-state index < -0.39 is 36.2 Å². The molecule has 9 heteroatoms. The molecule has 2 atom stereocenters. The van der Waals surface area contributed by atoms with E-state index in [1.807, 2.05) is 0 Å². The van der Waals surface area contributed by atoms with E-state index in [0.29, 0.717) is 5.56 Å². The molecule has 0 saturated carbocycles. The first kappa shape index (κ1) is 16.6. The van der Waals surface area contributed by atoms with Gasteiger partial charge < -0.3 is 10.6 Å². The molecule has 2 heterocycles. The highest BCUT2D eigenvalue weighted by Gasteiger charge is 2.42. The van der Waals surface area contributed by atoms with Crippen LogP contribution in [0.2, 0.25) is 0 Å². The summed E-state index contributed by atoms with van der Waals surface area (Å²) in [4.78, 5) is 15.3. The molecule has 1 aromatic heterocycles. The Hall–Kier alpha value is -1.77. The second-order valence-electron chi connectivity index (χ2n) is 5.27. The highest BCUT2D eigenvalue weighted by Crippen LogP contribution is 2.30. The largest absolute Gasteiger partial charge is 0.433 e. The zero-order valence-electron chi connectivity index (χ0n) is 11.6. The van der Waals surface area contributed by atoms with Crippen molar-refractivity contribution < 1.29 is 26.7 Å². The van der Waals surface area contributed by atoms with Gasteiger partial charge in [0.15, 0.2) is 5.67 Å². The summed E-state index contributed by atoms with van der Waals surface area (Å²) in [5.74, 6) is -0.999. The lowest BCUT2D eigenvalue weighted by Gasteiger charge is -2.15. The highest BCUT2D eigenvalue weighted by atomic mass is 19.4. The molecule has 122 valence electrons. The van der Waals surface area contributed by atoms with Gasteiger partial charge in [-0.25, -0.2) is 13.8 Å². The SMILES string of the molecule is Cc1ccc(C(F)(F)F)nc1NC(=O)[C@@H]1C[C@](F)(CF)CN1. The number of hydrogen-bond acceptors (Lipinski definition) is 3. The number of amides is 1. The summed E-state index contributed by atoms with van der Waals surface area (Å²) < 4.78 is 64.0. The molecule has 1 aliphatic rings. The Morgan fingerprint density at radius 3 is 2.73 bits per heavy atom. The van der Waals surface area contributed by atoms with E-state index in [-0.39, 0.29) is 18.8 Å². The van der Waals surface area contributed by atoms with Crippen molar-refractivity contribution in [3.8, 4) is 0 Å². The first-order valence-electron chi connectivity index (χ1n) is 6.49. The monoisotopic (exact) mass is 323 g/mol. The Morgan fingerprint density at radius 2 is 2.18 bits per heavy atom. The van der Waals surface area contributed by atoms with Gasteiger partial charge in [0.05, 0.1) is 6.04 Å². The zero-order valence-corrected chi connectivity index (χ0v) is 11.6. The number of nitrogens with zero attached hydrogens (tertiary/aromatic N) is 1. The summed E-state index contributed by atoms with van der Waals surface area (Å²) >= 11 is 0. The van der Waals surface area contributed by atoms with Gasteiger partial charge in [-0.1, -0.05) is 6.07 Å². The van der Waals surface area contributed by atoms with Gasteiger partial charge in [-0.05, 0) is 18.6 Å². The Kier molecular flexibility index (Phi) is 4.37. The third-order valence-electron chi connectivity index (χ3n) is 3.42. The van der Waals surface area contributed by atoms with Crippen LogP contribution in [0.25, 0.3) is 0 Å². The maximum absolute atomic E-state index is 13.7. The third kappa shape index (κ3) is 3.52. The van der Waals surface area contributed by atoms with E-state index >= 15 is 0 Å². The zero-order chi connectivity index (χ0) is 16.5. The summed E-state index contributed by atoms with van der Waals surface area (Å²) in [6.07, 6.45) is -5.02. The number of pyridine rings is 1. The normalized spacial score (nSPS) is 25.3. The molecule has 1 amide bonds. The number of carbonyl (C=O) groups excluding carboxylic acids is 1. The van der Waals surface area contributed by atoms with Crippen molar-refractivity contribution in [1.82, 2.24) is 10.3 Å². The second kappa shape index (κ2) is 5.79. The van der Waals surface area contributed by atoms with Gasteiger partial charge in [-0.3, -0.25) is 4.79 Å². The van der Waals surface area contributed by atoms with Crippen molar-refractivity contribution in [3.63, 3.8) is 0 Å². The lowest BCUT2D eigenvalue weighted by atomic mass is 10.0. The Bertz CT molecular complexity index is 577. The quantitative estimate of drug-likeness (QED) is 0.840. The van der Waals surface area contributed by atoms with E-state index in [0.717, 1.165) is 6.07 Å². The number of alkyl halides is 5. The van der Waals surface area contributed by atoms with Crippen LogP contribution in [0.3, 0.4) is 0 Å². The minimum atomic E-state index is -4.64. The van der Waals surface area contributed by atoms with E-state index in [9.17, 15) is 26.7 Å². The molecule has 22 heavy (non-hydrogen) atoms. The molecule has 0 unspecified atom stereocenters. The number of aryl methyl sites for hydroxylation is 1. The maximum Gasteiger partial charge on any atom is 0.433 e. The summed E-state index contributed by atoms with van der Waals surface area (Å²) in [5.41, 5.74) is -2.94. The number of nitrogens with one attached hydrogen (secondary N) is 2. The molecule has 1 saturated heterocycles. The van der Waals surface area contributed by atoms with Gasteiger partial charge >= 0.3 is 6.18 Å². The molecule has 1 fully saturated rings. The Labute approximate surface area is 123 Å². The van der Waals surface area contributed by atoms with Crippen LogP contribution in [-0.4, -0.2) is 35.8 Å². The molecule has 2 N–H and O–H groups in total. The topological polar surface area (TPSA) is 54.0 Å². The minimum absolute atomic E-state index is 0.252. The fraction of sp³-hybridized carbons (Fsp3) is 0.538. The van der Waals surface area contributed by atoms with E-state index in [1.165, 1.54) is 13.0 Å². The third-order valence-corrected chi connectivity index (χ3v) is 3.42. The highest BCUT2D eigenvalue weighted by molar-refractivity contribution is 5.95.